The van der Waals surface area contributed by atoms with E-state index < -0.39 is 17.3 Å². The third-order valence-corrected chi connectivity index (χ3v) is 3.77. The van der Waals surface area contributed by atoms with Gasteiger partial charge in [-0.3, -0.25) is 0 Å². The highest BCUT2D eigenvalue weighted by Crippen LogP contribution is 2.39. The molecule has 0 saturated carbocycles. The van der Waals surface area contributed by atoms with Crippen molar-refractivity contribution in [1.82, 2.24) is 0 Å². The van der Waals surface area contributed by atoms with E-state index in [2.05, 4.69) is 15.9 Å². The average molecular weight is 338 g/mol. The monoisotopic (exact) mass is 337 g/mol. The van der Waals surface area contributed by atoms with Crippen LogP contribution in [0.15, 0.2) is 22.7 Å². The summed E-state index contributed by atoms with van der Waals surface area (Å²) in [6.45, 7) is 2.41. The van der Waals surface area contributed by atoms with Gasteiger partial charge in [-0.15, -0.1) is 0 Å². The maximum atomic E-state index is 13.1. The number of β-amino-alcohol motifs (C(OH)–C–C–N with tert-alkyl or cyclic N) is 1. The number of hydrogen-bond donors (Lipinski definition) is 1. The van der Waals surface area contributed by atoms with E-state index in [4.69, 9.17) is 0 Å². The number of aliphatic hydroxyl groups is 1. The topological polar surface area (TPSA) is 23.5 Å². The standard InChI is InChI=1S/C13H15BrF3NO/c1-12(19)5-2-6-18(8-12)11-4-3-9(14)7-10(11)13(15,16)17/h3-4,7,19H,2,5-6,8H2,1H3. The molecule has 0 bridgehead atoms. The lowest BCUT2D eigenvalue weighted by Crippen LogP contribution is -2.46. The Kier molecular flexibility index (Phi) is 3.84. The van der Waals surface area contributed by atoms with Gasteiger partial charge in [-0.05, 0) is 38.0 Å². The molecule has 1 aliphatic heterocycles. The molecular formula is C13H15BrF3NO. The summed E-state index contributed by atoms with van der Waals surface area (Å²) in [6, 6.07) is 4.13. The smallest absolute Gasteiger partial charge is 0.388 e. The Bertz CT molecular complexity index is 473. The maximum Gasteiger partial charge on any atom is 0.418 e. The zero-order valence-corrected chi connectivity index (χ0v) is 12.1. The molecule has 1 heterocycles. The second kappa shape index (κ2) is 4.98. The molecule has 1 aromatic rings. The number of anilines is 1. The molecule has 0 radical (unpaired) electrons. The first-order chi connectivity index (χ1) is 8.69. The summed E-state index contributed by atoms with van der Waals surface area (Å²) >= 11 is 3.07. The van der Waals surface area contributed by atoms with Crippen LogP contribution in [0.2, 0.25) is 0 Å². The Morgan fingerprint density at radius 1 is 1.37 bits per heavy atom. The minimum atomic E-state index is -4.40. The number of alkyl halides is 3. The van der Waals surface area contributed by atoms with E-state index in [-0.39, 0.29) is 12.2 Å². The second-order valence-electron chi connectivity index (χ2n) is 5.18. The van der Waals surface area contributed by atoms with Crippen LogP contribution in [0.1, 0.15) is 25.3 Å². The van der Waals surface area contributed by atoms with E-state index in [1.807, 2.05) is 0 Å². The van der Waals surface area contributed by atoms with Gasteiger partial charge in [-0.2, -0.15) is 13.2 Å². The summed E-state index contributed by atoms with van der Waals surface area (Å²) in [5, 5.41) is 10.0. The molecule has 0 aromatic heterocycles. The zero-order valence-electron chi connectivity index (χ0n) is 10.5. The Balaban J connectivity index is 2.39. The van der Waals surface area contributed by atoms with Crippen LogP contribution in [0.3, 0.4) is 0 Å². The SMILES string of the molecule is CC1(O)CCCN(c2ccc(Br)cc2C(F)(F)F)C1. The van der Waals surface area contributed by atoms with Crippen LogP contribution in [0.25, 0.3) is 0 Å². The Labute approximate surface area is 118 Å². The molecule has 1 fully saturated rings. The highest BCUT2D eigenvalue weighted by atomic mass is 79.9. The molecule has 1 aromatic carbocycles. The van der Waals surface area contributed by atoms with Gasteiger partial charge in [0, 0.05) is 23.2 Å². The normalized spacial score (nSPS) is 24.6. The number of hydrogen-bond acceptors (Lipinski definition) is 2. The lowest BCUT2D eigenvalue weighted by atomic mass is 9.94. The molecule has 6 heteroatoms. The predicted molar refractivity (Wildman–Crippen MR) is 71.2 cm³/mol. The van der Waals surface area contributed by atoms with Crippen molar-refractivity contribution in [1.29, 1.82) is 0 Å². The number of benzene rings is 1. The summed E-state index contributed by atoms with van der Waals surface area (Å²) in [7, 11) is 0. The van der Waals surface area contributed by atoms with Gasteiger partial charge < -0.3 is 10.0 Å². The molecule has 1 N–H and O–H groups in total. The van der Waals surface area contributed by atoms with Crippen LogP contribution >= 0.6 is 15.9 Å². The Morgan fingerprint density at radius 2 is 2.05 bits per heavy atom. The molecule has 1 aliphatic rings. The molecule has 2 nitrogen and oxygen atoms in total. The van der Waals surface area contributed by atoms with E-state index in [1.54, 1.807) is 17.9 Å². The van der Waals surface area contributed by atoms with Crippen LogP contribution in [0.4, 0.5) is 18.9 Å². The zero-order chi connectivity index (χ0) is 14.3. The Morgan fingerprint density at radius 3 is 2.63 bits per heavy atom. The van der Waals surface area contributed by atoms with Gasteiger partial charge in [0.15, 0.2) is 0 Å². The first-order valence-corrected chi connectivity index (χ1v) is 6.82. The van der Waals surface area contributed by atoms with Gasteiger partial charge in [-0.1, -0.05) is 15.9 Å². The van der Waals surface area contributed by atoms with Gasteiger partial charge in [0.2, 0.25) is 0 Å². The molecule has 106 valence electrons. The van der Waals surface area contributed by atoms with Crippen molar-refractivity contribution in [2.45, 2.75) is 31.5 Å². The maximum absolute atomic E-state index is 13.1. The Hall–Kier alpha value is -0.750. The minimum Gasteiger partial charge on any atom is -0.388 e. The van der Waals surface area contributed by atoms with Gasteiger partial charge in [0.05, 0.1) is 11.2 Å². The number of rotatable bonds is 1. The fourth-order valence-electron chi connectivity index (χ4n) is 2.44. The van der Waals surface area contributed by atoms with Crippen molar-refractivity contribution in [3.05, 3.63) is 28.2 Å². The van der Waals surface area contributed by atoms with Crippen LogP contribution in [-0.2, 0) is 6.18 Å². The summed E-state index contributed by atoms with van der Waals surface area (Å²) in [6.07, 6.45) is -3.11. The van der Waals surface area contributed by atoms with Gasteiger partial charge in [-0.25, -0.2) is 0 Å². The highest BCUT2D eigenvalue weighted by Gasteiger charge is 2.37. The lowest BCUT2D eigenvalue weighted by molar-refractivity contribution is -0.137. The number of piperidine rings is 1. The van der Waals surface area contributed by atoms with Crippen molar-refractivity contribution < 1.29 is 18.3 Å². The molecule has 2 rings (SSSR count). The van der Waals surface area contributed by atoms with Crippen LogP contribution in [0.5, 0.6) is 0 Å². The van der Waals surface area contributed by atoms with E-state index >= 15 is 0 Å². The summed E-state index contributed by atoms with van der Waals surface area (Å²) < 4.78 is 39.6. The minimum absolute atomic E-state index is 0.135. The first-order valence-electron chi connectivity index (χ1n) is 6.03. The van der Waals surface area contributed by atoms with Crippen molar-refractivity contribution >= 4 is 21.6 Å². The average Bonchev–Trinajstić information content (AvgIpc) is 2.26. The van der Waals surface area contributed by atoms with Crippen LogP contribution < -0.4 is 4.90 Å². The largest absolute Gasteiger partial charge is 0.418 e. The van der Waals surface area contributed by atoms with E-state index in [0.29, 0.717) is 23.9 Å². The molecule has 1 saturated heterocycles. The highest BCUT2D eigenvalue weighted by molar-refractivity contribution is 9.10. The van der Waals surface area contributed by atoms with E-state index in [9.17, 15) is 18.3 Å². The third-order valence-electron chi connectivity index (χ3n) is 3.28. The lowest BCUT2D eigenvalue weighted by Gasteiger charge is -2.39. The van der Waals surface area contributed by atoms with Crippen molar-refractivity contribution in [2.75, 3.05) is 18.0 Å². The van der Waals surface area contributed by atoms with Gasteiger partial charge >= 0.3 is 6.18 Å². The molecule has 1 atom stereocenters. The summed E-state index contributed by atoms with van der Waals surface area (Å²) in [4.78, 5) is 1.61. The van der Waals surface area contributed by atoms with E-state index in [1.165, 1.54) is 6.07 Å². The third kappa shape index (κ3) is 3.42. The van der Waals surface area contributed by atoms with Crippen LogP contribution in [0, 0.1) is 0 Å². The fraction of sp³-hybridized carbons (Fsp3) is 0.538. The van der Waals surface area contributed by atoms with Crippen molar-refractivity contribution in [2.24, 2.45) is 0 Å². The quantitative estimate of drug-likeness (QED) is 0.842. The number of nitrogens with zero attached hydrogens (tertiary/aromatic N) is 1. The predicted octanol–water partition coefficient (Wildman–Crippen LogP) is 3.82. The van der Waals surface area contributed by atoms with Gasteiger partial charge in [0.1, 0.15) is 0 Å². The van der Waals surface area contributed by atoms with Crippen molar-refractivity contribution in [3.8, 4) is 0 Å². The van der Waals surface area contributed by atoms with Crippen LogP contribution in [-0.4, -0.2) is 23.8 Å². The summed E-state index contributed by atoms with van der Waals surface area (Å²) in [5.74, 6) is 0. The molecule has 0 aliphatic carbocycles. The van der Waals surface area contributed by atoms with Crippen molar-refractivity contribution in [3.63, 3.8) is 0 Å². The second-order valence-corrected chi connectivity index (χ2v) is 6.10. The fourth-order valence-corrected chi connectivity index (χ4v) is 2.80. The molecule has 0 spiro atoms. The number of halogens is 4. The van der Waals surface area contributed by atoms with Gasteiger partial charge in [0.25, 0.3) is 0 Å². The first kappa shape index (κ1) is 14.7. The van der Waals surface area contributed by atoms with E-state index in [0.717, 1.165) is 6.07 Å². The summed E-state index contributed by atoms with van der Waals surface area (Å²) in [5.41, 5.74) is -1.47. The molecule has 1 unspecified atom stereocenters. The molecule has 19 heavy (non-hydrogen) atoms. The molecular weight excluding hydrogens is 323 g/mol. The molecule has 0 amide bonds.